The molecule has 172 valence electrons. The van der Waals surface area contributed by atoms with E-state index in [1.807, 2.05) is 0 Å². The largest absolute Gasteiger partial charge is 0.508 e. The Morgan fingerprint density at radius 1 is 0.710 bits per heavy atom. The molecule has 0 saturated heterocycles. The number of rotatable bonds is 14. The van der Waals surface area contributed by atoms with Gasteiger partial charge in [0.25, 0.3) is 0 Å². The normalized spacial score (nSPS) is 17.9. The Morgan fingerprint density at radius 3 is 1.71 bits per heavy atom. The lowest BCUT2D eigenvalue weighted by Crippen LogP contribution is -2.14. The van der Waals surface area contributed by atoms with E-state index in [2.05, 4.69) is 0 Å². The van der Waals surface area contributed by atoms with Gasteiger partial charge in [-0.15, -0.1) is 0 Å². The Hall–Kier alpha value is -2.44. The highest BCUT2D eigenvalue weighted by Crippen LogP contribution is 2.51. The molecule has 2 aliphatic carbocycles. The van der Waals surface area contributed by atoms with E-state index in [-0.39, 0.29) is 17.2 Å². The smallest absolute Gasteiger partial charge is 0.309 e. The first-order valence-corrected chi connectivity index (χ1v) is 11.4. The average molecular weight is 435 g/mol. The molecule has 0 bridgehead atoms. The Kier molecular flexibility index (Phi) is 7.02. The lowest BCUT2D eigenvalue weighted by molar-refractivity contribution is -0.144. The van der Waals surface area contributed by atoms with Gasteiger partial charge in [0.05, 0.1) is 10.8 Å². The molecule has 0 aliphatic heterocycles. The summed E-state index contributed by atoms with van der Waals surface area (Å²) in [4.78, 5) is 22.4. The van der Waals surface area contributed by atoms with E-state index in [4.69, 9.17) is 0 Å². The number of benzene rings is 1. The summed E-state index contributed by atoms with van der Waals surface area (Å²) in [6.45, 7) is 0. The van der Waals surface area contributed by atoms with Crippen LogP contribution in [0.25, 0.3) is 0 Å². The number of phenols is 3. The Labute approximate surface area is 182 Å². The molecule has 3 rings (SSSR count). The van der Waals surface area contributed by atoms with Crippen LogP contribution in [0.5, 0.6) is 17.2 Å². The van der Waals surface area contributed by atoms with Gasteiger partial charge in [-0.05, 0) is 70.3 Å². The molecule has 2 saturated carbocycles. The minimum Gasteiger partial charge on any atom is -0.508 e. The number of hydrogen-bond donors (Lipinski definition) is 5. The summed E-state index contributed by atoms with van der Waals surface area (Å²) in [6, 6.07) is 1.50. The van der Waals surface area contributed by atoms with Gasteiger partial charge in [-0.3, -0.25) is 9.59 Å². The average Bonchev–Trinajstić information content (AvgIpc) is 3.63. The standard InChI is InChI=1S/C24H34O7/c25-18-15-16(7-4-6-10-24(13-14-24)22(30)31)19(26)20(27)17(18)8-3-1-2-5-9-23(11-12-23)21(28)29/h15,25-27H,1-14H2,(H,28,29)(H,30,31). The second-order valence-electron chi connectivity index (χ2n) is 9.52. The minimum atomic E-state index is -0.732. The molecule has 0 heterocycles. The molecule has 0 unspecified atom stereocenters. The number of carboxylic acid groups (broad SMARTS) is 2. The van der Waals surface area contributed by atoms with Crippen molar-refractivity contribution in [3.8, 4) is 17.2 Å². The van der Waals surface area contributed by atoms with Gasteiger partial charge in [0.15, 0.2) is 11.5 Å². The van der Waals surface area contributed by atoms with Gasteiger partial charge < -0.3 is 25.5 Å². The van der Waals surface area contributed by atoms with Crippen LogP contribution in [-0.2, 0) is 22.4 Å². The first-order valence-electron chi connectivity index (χ1n) is 11.4. The van der Waals surface area contributed by atoms with E-state index in [0.29, 0.717) is 43.2 Å². The summed E-state index contributed by atoms with van der Waals surface area (Å²) in [5.74, 6) is -1.93. The number of carbonyl (C=O) groups is 2. The van der Waals surface area contributed by atoms with E-state index in [1.54, 1.807) is 0 Å². The lowest BCUT2D eigenvalue weighted by atomic mass is 9.95. The fraction of sp³-hybridized carbons (Fsp3) is 0.667. The molecule has 0 spiro atoms. The maximum atomic E-state index is 11.2. The molecule has 0 radical (unpaired) electrons. The Bertz CT molecular complexity index is 822. The molecule has 1 aromatic rings. The van der Waals surface area contributed by atoms with Gasteiger partial charge in [0, 0.05) is 11.1 Å². The highest BCUT2D eigenvalue weighted by atomic mass is 16.4. The number of hydrogen-bond acceptors (Lipinski definition) is 5. The molecule has 7 heteroatoms. The number of phenolic OH excluding ortho intramolecular Hbond substituents is 3. The maximum absolute atomic E-state index is 11.2. The van der Waals surface area contributed by atoms with Crippen molar-refractivity contribution in [2.24, 2.45) is 10.8 Å². The second kappa shape index (κ2) is 9.37. The molecule has 0 amide bonds. The van der Waals surface area contributed by atoms with Crippen molar-refractivity contribution >= 4 is 11.9 Å². The van der Waals surface area contributed by atoms with E-state index in [0.717, 1.165) is 57.8 Å². The highest BCUT2D eigenvalue weighted by Gasteiger charge is 2.49. The molecule has 5 N–H and O–H groups in total. The van der Waals surface area contributed by atoms with Crippen LogP contribution in [0.4, 0.5) is 0 Å². The number of aliphatic carboxylic acids is 2. The SMILES string of the molecule is O=C(O)C1(CCCCCCc2c(O)cc(CCCCC3(C(=O)O)CC3)c(O)c2O)CC1. The molecule has 1 aromatic carbocycles. The summed E-state index contributed by atoms with van der Waals surface area (Å²) in [6.07, 6.45) is 9.99. The van der Waals surface area contributed by atoms with Gasteiger partial charge >= 0.3 is 11.9 Å². The molecular formula is C24H34O7. The van der Waals surface area contributed by atoms with Crippen LogP contribution in [0.2, 0.25) is 0 Å². The Balaban J connectivity index is 1.41. The molecule has 2 fully saturated rings. The number of unbranched alkanes of at least 4 members (excludes halogenated alkanes) is 4. The summed E-state index contributed by atoms with van der Waals surface area (Å²) in [5, 5.41) is 49.4. The predicted molar refractivity (Wildman–Crippen MR) is 114 cm³/mol. The number of carboxylic acids is 2. The lowest BCUT2D eigenvalue weighted by Gasteiger charge is -2.14. The van der Waals surface area contributed by atoms with Crippen molar-refractivity contribution in [2.75, 3.05) is 0 Å². The third-order valence-corrected chi connectivity index (χ3v) is 7.23. The van der Waals surface area contributed by atoms with Crippen molar-refractivity contribution in [1.29, 1.82) is 0 Å². The van der Waals surface area contributed by atoms with Gasteiger partial charge in [-0.25, -0.2) is 0 Å². The third kappa shape index (κ3) is 5.43. The molecule has 2 aliphatic rings. The van der Waals surface area contributed by atoms with Crippen molar-refractivity contribution < 1.29 is 35.1 Å². The van der Waals surface area contributed by atoms with Crippen molar-refractivity contribution in [2.45, 2.75) is 89.9 Å². The van der Waals surface area contributed by atoms with Crippen LogP contribution in [0.3, 0.4) is 0 Å². The van der Waals surface area contributed by atoms with E-state index in [1.165, 1.54) is 6.07 Å². The Morgan fingerprint density at radius 2 is 1.19 bits per heavy atom. The summed E-state index contributed by atoms with van der Waals surface area (Å²) in [7, 11) is 0. The monoisotopic (exact) mass is 434 g/mol. The van der Waals surface area contributed by atoms with Crippen molar-refractivity contribution in [3.63, 3.8) is 0 Å². The van der Waals surface area contributed by atoms with E-state index in [9.17, 15) is 35.1 Å². The van der Waals surface area contributed by atoms with Gasteiger partial charge in [0.1, 0.15) is 5.75 Å². The topological polar surface area (TPSA) is 135 Å². The van der Waals surface area contributed by atoms with Crippen molar-refractivity contribution in [3.05, 3.63) is 17.2 Å². The van der Waals surface area contributed by atoms with Gasteiger partial charge in [-0.1, -0.05) is 25.7 Å². The zero-order valence-electron chi connectivity index (χ0n) is 18.0. The van der Waals surface area contributed by atoms with Crippen LogP contribution in [0.15, 0.2) is 6.07 Å². The van der Waals surface area contributed by atoms with Crippen LogP contribution in [-0.4, -0.2) is 37.5 Å². The number of aryl methyl sites for hydroxylation is 1. The van der Waals surface area contributed by atoms with Crippen LogP contribution in [0.1, 0.15) is 88.2 Å². The summed E-state index contributed by atoms with van der Waals surface area (Å²) in [5.41, 5.74) is -0.218. The van der Waals surface area contributed by atoms with Crippen LogP contribution >= 0.6 is 0 Å². The summed E-state index contributed by atoms with van der Waals surface area (Å²) >= 11 is 0. The number of aromatic hydroxyl groups is 3. The third-order valence-electron chi connectivity index (χ3n) is 7.23. The zero-order chi connectivity index (χ0) is 22.6. The van der Waals surface area contributed by atoms with Gasteiger partial charge in [-0.2, -0.15) is 0 Å². The second-order valence-corrected chi connectivity index (χ2v) is 9.52. The highest BCUT2D eigenvalue weighted by molar-refractivity contribution is 5.78. The fourth-order valence-corrected chi connectivity index (χ4v) is 4.51. The molecule has 0 atom stereocenters. The summed E-state index contributed by atoms with van der Waals surface area (Å²) < 4.78 is 0. The van der Waals surface area contributed by atoms with Crippen LogP contribution < -0.4 is 0 Å². The fourth-order valence-electron chi connectivity index (χ4n) is 4.51. The first-order chi connectivity index (χ1) is 14.7. The minimum absolute atomic E-state index is 0.0303. The predicted octanol–water partition coefficient (Wildman–Crippen LogP) is 4.74. The van der Waals surface area contributed by atoms with Crippen molar-refractivity contribution in [1.82, 2.24) is 0 Å². The van der Waals surface area contributed by atoms with E-state index >= 15 is 0 Å². The molecule has 31 heavy (non-hydrogen) atoms. The first kappa shape index (κ1) is 23.2. The van der Waals surface area contributed by atoms with Gasteiger partial charge in [0.2, 0.25) is 0 Å². The van der Waals surface area contributed by atoms with E-state index < -0.39 is 22.8 Å². The quantitative estimate of drug-likeness (QED) is 0.162. The molecule has 0 aromatic heterocycles. The van der Waals surface area contributed by atoms with Crippen LogP contribution in [0, 0.1) is 10.8 Å². The zero-order valence-corrected chi connectivity index (χ0v) is 18.0. The molecular weight excluding hydrogens is 400 g/mol. The molecule has 7 nitrogen and oxygen atoms in total. The maximum Gasteiger partial charge on any atom is 0.309 e.